The second-order valence-electron chi connectivity index (χ2n) is 24.5. The van der Waals surface area contributed by atoms with E-state index in [0.717, 1.165) is 101 Å². The molecule has 0 amide bonds. The van der Waals surface area contributed by atoms with Crippen LogP contribution in [0.3, 0.4) is 0 Å². The molecule has 0 radical (unpaired) electrons. The number of halogens is 2. The number of allylic oxidation sites excluding steroid dienone is 5. The van der Waals surface area contributed by atoms with Crippen LogP contribution in [0.25, 0.3) is 5.57 Å². The van der Waals surface area contributed by atoms with Gasteiger partial charge in [0.15, 0.2) is 0 Å². The standard InChI is InChI=1S/C32H67O4P.C23H22Cl2N2.C17H37O3P.2CH4/c1-3-5-7-9-11-13-15-17-19-21-23-25-27-29-31-35-37(33,34)36-32-30-28-26-24-22-20-18-16-14-12-10-8-6-4-2;1-12-8-16(9-13(2)22(12)26)20(21-18(24)6-5-7-19(21)25)17-10-14(3)23(27)15(4)11-17;1-3-4-5-6-7-8-9-10-11-12-13-14-15-16-17-20-21(2,18)19;;/h3-32H2,1-2H3,(H,33,34);5-11,26H,27H2,1-4H3;3-17H2,1-2H3,(H,18,19);2*1H4/p-1. The molecular formula is C74H133Cl2N2O7P2-. The molecule has 1 atom stereocenters. The Bertz CT molecular complexity index is 2120. The zero-order valence-electron chi connectivity index (χ0n) is 55.5. The number of nitrogen functional groups attached to an aromatic ring is 1. The predicted octanol–water partition coefficient (Wildman–Crippen LogP) is 23.5. The first kappa shape index (κ1) is 87.0. The summed E-state index contributed by atoms with van der Waals surface area (Å²) < 4.78 is 37.5. The van der Waals surface area contributed by atoms with Gasteiger partial charge in [0.25, 0.3) is 7.82 Å². The van der Waals surface area contributed by atoms with E-state index >= 15 is 0 Å². The van der Waals surface area contributed by atoms with Gasteiger partial charge in [0.1, 0.15) is 7.60 Å². The summed E-state index contributed by atoms with van der Waals surface area (Å²) in [5.41, 5.74) is 15.7. The summed E-state index contributed by atoms with van der Waals surface area (Å²) >= 11 is 13.2. The summed E-state index contributed by atoms with van der Waals surface area (Å²) in [5, 5.41) is 7.39. The van der Waals surface area contributed by atoms with Gasteiger partial charge in [-0.15, -0.1) is 0 Å². The molecule has 0 saturated heterocycles. The van der Waals surface area contributed by atoms with Crippen LogP contribution in [0, 0.1) is 13.8 Å². The fourth-order valence-corrected chi connectivity index (χ4v) is 12.8. The number of phosphoric ester groups is 1. The number of nitrogens with two attached hydrogens (primary N) is 2. The molecule has 1 aliphatic carbocycles. The Labute approximate surface area is 547 Å². The van der Waals surface area contributed by atoms with Gasteiger partial charge in [-0.1, -0.05) is 315 Å². The molecule has 3 rings (SSSR count). The molecule has 0 aromatic heterocycles. The smallest absolute Gasteiger partial charge is 0.267 e. The molecule has 0 saturated carbocycles. The van der Waals surface area contributed by atoms with Crippen LogP contribution in [0.2, 0.25) is 10.0 Å². The van der Waals surface area contributed by atoms with Crippen LogP contribution in [0.15, 0.2) is 59.2 Å². The highest BCUT2D eigenvalue weighted by Crippen LogP contribution is 2.41. The van der Waals surface area contributed by atoms with Crippen LogP contribution in [0.4, 0.5) is 5.69 Å². The van der Waals surface area contributed by atoms with Gasteiger partial charge in [-0.2, -0.15) is 0 Å². The minimum Gasteiger partial charge on any atom is -0.779 e. The molecule has 0 bridgehead atoms. The SMILES string of the molecule is C.C.CC1=CC(=C(c2cc(C)c(N)c(C)c2)c2c(Cl)cccc2Cl)C=C(C)C1=[NH2+].CCCCCCCCCCCCCCCCOP(=O)([O-])OCCCCCCCCCCCCCCCC.CCCCCCCCCCCCCCCCOP(C)(=O)[O-]. The molecule has 506 valence electrons. The van der Waals surface area contributed by atoms with Crippen LogP contribution >= 0.6 is 38.6 Å². The molecule has 1 aliphatic rings. The van der Waals surface area contributed by atoms with Crippen molar-refractivity contribution in [3.8, 4) is 0 Å². The molecule has 0 heterocycles. The highest BCUT2D eigenvalue weighted by Gasteiger charge is 2.22. The van der Waals surface area contributed by atoms with Crippen molar-refractivity contribution >= 4 is 55.6 Å². The van der Waals surface area contributed by atoms with Crippen molar-refractivity contribution < 1.29 is 37.9 Å². The highest BCUT2D eigenvalue weighted by atomic mass is 35.5. The molecular weight excluding hydrogens is 1160 g/mol. The first-order valence-corrected chi connectivity index (χ1v) is 38.7. The first-order valence-electron chi connectivity index (χ1n) is 34.5. The lowest BCUT2D eigenvalue weighted by Gasteiger charge is -2.22. The maximum atomic E-state index is 11.9. The largest absolute Gasteiger partial charge is 0.779 e. The maximum Gasteiger partial charge on any atom is 0.267 e. The maximum absolute atomic E-state index is 11.9. The zero-order chi connectivity index (χ0) is 62.8. The topological polar surface area (TPSA) is 160 Å². The molecule has 4 N–H and O–H groups in total. The summed E-state index contributed by atoms with van der Waals surface area (Å²) in [4.78, 5) is 22.7. The van der Waals surface area contributed by atoms with E-state index in [1.54, 1.807) is 0 Å². The zero-order valence-corrected chi connectivity index (χ0v) is 58.8. The van der Waals surface area contributed by atoms with E-state index in [1.165, 1.54) is 231 Å². The normalized spacial score (nSPS) is 12.9. The van der Waals surface area contributed by atoms with Crippen LogP contribution in [-0.2, 0) is 22.7 Å². The Morgan fingerprint density at radius 1 is 0.460 bits per heavy atom. The monoisotopic (exact) mass is 1290 g/mol. The molecule has 2 aromatic carbocycles. The van der Waals surface area contributed by atoms with Crippen LogP contribution < -0.4 is 20.9 Å². The van der Waals surface area contributed by atoms with Gasteiger partial charge in [0, 0.05) is 39.1 Å². The van der Waals surface area contributed by atoms with Crippen molar-refractivity contribution in [3.05, 3.63) is 91.5 Å². The van der Waals surface area contributed by atoms with Crippen LogP contribution in [0.5, 0.6) is 0 Å². The van der Waals surface area contributed by atoms with E-state index in [1.807, 2.05) is 45.9 Å². The highest BCUT2D eigenvalue weighted by molar-refractivity contribution is 7.50. The van der Waals surface area contributed by atoms with E-state index < -0.39 is 15.4 Å². The van der Waals surface area contributed by atoms with Crippen molar-refractivity contribution in [1.82, 2.24) is 0 Å². The minimum absolute atomic E-state index is 0. The number of hydrogen-bond donors (Lipinski definition) is 2. The van der Waals surface area contributed by atoms with Crippen LogP contribution in [-0.4, -0.2) is 32.2 Å². The number of phosphoric acid groups is 1. The fourth-order valence-electron chi connectivity index (χ4n) is 10.9. The second kappa shape index (κ2) is 56.7. The molecule has 0 spiro atoms. The lowest BCUT2D eigenvalue weighted by molar-refractivity contribution is -0.225. The molecule has 0 fully saturated rings. The second-order valence-corrected chi connectivity index (χ2v) is 28.6. The number of rotatable bonds is 50. The Morgan fingerprint density at radius 2 is 0.713 bits per heavy atom. The molecule has 13 heteroatoms. The Hall–Kier alpha value is -2.03. The average molecular weight is 1300 g/mol. The number of unbranched alkanes of at least 4 members (excludes halogenated alkanes) is 39. The Morgan fingerprint density at radius 3 is 0.977 bits per heavy atom. The number of aryl methyl sites for hydroxylation is 2. The molecule has 9 nitrogen and oxygen atoms in total. The Kier molecular flexibility index (Phi) is 56.7. The summed E-state index contributed by atoms with van der Waals surface area (Å²) in [7, 11) is -7.62. The number of anilines is 1. The van der Waals surface area contributed by atoms with Gasteiger partial charge in [0.05, 0.1) is 19.8 Å². The third-order valence-corrected chi connectivity index (χ3v) is 18.6. The number of benzene rings is 2. The predicted molar refractivity (Wildman–Crippen MR) is 381 cm³/mol. The van der Waals surface area contributed by atoms with Gasteiger partial charge in [-0.3, -0.25) is 9.97 Å². The number of hydrogen-bond acceptors (Lipinski definition) is 8. The Balaban J connectivity index is 0. The molecule has 1 unspecified atom stereocenters. The lowest BCUT2D eigenvalue weighted by atomic mass is 9.85. The fraction of sp³-hybridized carbons (Fsp3) is 0.743. The molecule has 0 aliphatic heterocycles. The van der Waals surface area contributed by atoms with Crippen molar-refractivity contribution in [1.29, 1.82) is 0 Å². The molecule has 87 heavy (non-hydrogen) atoms. The van der Waals surface area contributed by atoms with Crippen molar-refractivity contribution in [2.75, 3.05) is 32.2 Å². The van der Waals surface area contributed by atoms with Crippen molar-refractivity contribution in [2.45, 2.75) is 333 Å². The molecule has 2 aromatic rings. The third-order valence-electron chi connectivity index (χ3n) is 16.3. The van der Waals surface area contributed by atoms with E-state index in [9.17, 15) is 18.9 Å². The quantitative estimate of drug-likeness (QED) is 0.0376. The van der Waals surface area contributed by atoms with Gasteiger partial charge in [0.2, 0.25) is 5.71 Å². The van der Waals surface area contributed by atoms with Gasteiger partial charge in [-0.25, -0.2) is 0 Å². The van der Waals surface area contributed by atoms with Crippen molar-refractivity contribution in [3.63, 3.8) is 0 Å². The van der Waals surface area contributed by atoms with Crippen LogP contribution in [0.1, 0.15) is 341 Å². The third kappa shape index (κ3) is 46.7. The minimum atomic E-state index is -4.12. The van der Waals surface area contributed by atoms with E-state index in [2.05, 4.69) is 45.1 Å². The lowest BCUT2D eigenvalue weighted by Crippen LogP contribution is -2.41. The summed E-state index contributed by atoms with van der Waals surface area (Å²) in [6.45, 7) is 16.9. The van der Waals surface area contributed by atoms with E-state index in [4.69, 9.17) is 47.9 Å². The summed E-state index contributed by atoms with van der Waals surface area (Å²) in [6, 6.07) is 9.73. The van der Waals surface area contributed by atoms with Gasteiger partial charge < -0.3 is 33.7 Å². The summed E-state index contributed by atoms with van der Waals surface area (Å²) in [5.74, 6) is 0. The first-order chi connectivity index (χ1) is 40.9. The van der Waals surface area contributed by atoms with E-state index in [-0.39, 0.29) is 28.1 Å². The van der Waals surface area contributed by atoms with Gasteiger partial charge >= 0.3 is 0 Å². The summed E-state index contributed by atoms with van der Waals surface area (Å²) in [6.07, 6.45) is 58.5. The van der Waals surface area contributed by atoms with E-state index in [0.29, 0.717) is 16.7 Å². The van der Waals surface area contributed by atoms with Gasteiger partial charge in [-0.05, 0) is 111 Å². The van der Waals surface area contributed by atoms with Crippen molar-refractivity contribution in [2.24, 2.45) is 0 Å². The average Bonchev–Trinajstić information content (AvgIpc) is 0.954.